The number of aromatic nitrogens is 1. The van der Waals surface area contributed by atoms with Crippen molar-refractivity contribution in [3.05, 3.63) is 93.0 Å². The molecule has 0 fully saturated rings. The van der Waals surface area contributed by atoms with Crippen LogP contribution in [-0.4, -0.2) is 28.4 Å². The second-order valence-electron chi connectivity index (χ2n) is 7.96. The lowest BCUT2D eigenvalue weighted by molar-refractivity contribution is -0.387. The van der Waals surface area contributed by atoms with Crippen LogP contribution >= 0.6 is 23.1 Å². The molecule has 0 unspecified atom stereocenters. The molecule has 0 atom stereocenters. The van der Waals surface area contributed by atoms with Crippen molar-refractivity contribution in [1.29, 1.82) is 5.26 Å². The first-order valence-electron chi connectivity index (χ1n) is 11.3. The van der Waals surface area contributed by atoms with Crippen molar-refractivity contribution < 1.29 is 19.2 Å². The normalized spacial score (nSPS) is 11.1. The molecular formula is C27H20N4O5S2. The number of hydrogen-bond acceptors (Lipinski definition) is 9. The van der Waals surface area contributed by atoms with Crippen molar-refractivity contribution in [2.24, 2.45) is 0 Å². The number of amides is 1. The predicted molar refractivity (Wildman–Crippen MR) is 146 cm³/mol. The summed E-state index contributed by atoms with van der Waals surface area (Å²) in [7, 11) is 0. The Morgan fingerprint density at radius 1 is 1.18 bits per heavy atom. The number of aryl methyl sites for hydroxylation is 1. The van der Waals surface area contributed by atoms with Crippen LogP contribution in [-0.2, 0) is 9.53 Å². The van der Waals surface area contributed by atoms with Crippen LogP contribution < -0.4 is 5.32 Å². The molecule has 0 spiro atoms. The number of esters is 1. The van der Waals surface area contributed by atoms with Crippen molar-refractivity contribution in [3.8, 4) is 6.07 Å². The Bertz CT molecular complexity index is 1620. The van der Waals surface area contributed by atoms with E-state index in [1.807, 2.05) is 25.1 Å². The van der Waals surface area contributed by atoms with E-state index in [0.29, 0.717) is 31.6 Å². The summed E-state index contributed by atoms with van der Waals surface area (Å²) in [5, 5.41) is 23.9. The van der Waals surface area contributed by atoms with E-state index < -0.39 is 10.9 Å². The van der Waals surface area contributed by atoms with Crippen LogP contribution in [0.25, 0.3) is 16.3 Å². The van der Waals surface area contributed by atoms with Gasteiger partial charge in [0, 0.05) is 17.3 Å². The summed E-state index contributed by atoms with van der Waals surface area (Å²) >= 11 is 2.48. The number of ether oxygens (including phenoxy) is 1. The summed E-state index contributed by atoms with van der Waals surface area (Å²) in [6.07, 6.45) is 1.25. The van der Waals surface area contributed by atoms with Crippen molar-refractivity contribution in [2.75, 3.05) is 11.9 Å². The molecule has 4 rings (SSSR count). The zero-order chi connectivity index (χ0) is 27.2. The number of rotatable bonds is 8. The van der Waals surface area contributed by atoms with Crippen LogP contribution in [0.1, 0.15) is 28.4 Å². The molecule has 0 aliphatic heterocycles. The fourth-order valence-electron chi connectivity index (χ4n) is 3.39. The molecule has 1 N–H and O–H groups in total. The molecule has 0 saturated carbocycles. The number of nitrogens with zero attached hydrogens (tertiary/aromatic N) is 3. The van der Waals surface area contributed by atoms with Gasteiger partial charge in [0.05, 0.1) is 26.6 Å². The van der Waals surface area contributed by atoms with E-state index in [2.05, 4.69) is 10.3 Å². The van der Waals surface area contributed by atoms with Gasteiger partial charge in [0.1, 0.15) is 11.6 Å². The second kappa shape index (κ2) is 11.7. The number of nitriles is 1. The molecule has 0 bridgehead atoms. The van der Waals surface area contributed by atoms with Gasteiger partial charge in [0.25, 0.3) is 11.6 Å². The lowest BCUT2D eigenvalue weighted by Gasteiger charge is -2.05. The average Bonchev–Trinajstić information content (AvgIpc) is 3.29. The molecule has 0 aliphatic rings. The third kappa shape index (κ3) is 6.23. The molecule has 1 aromatic heterocycles. The van der Waals surface area contributed by atoms with Crippen LogP contribution in [0.15, 0.2) is 75.5 Å². The van der Waals surface area contributed by atoms with E-state index >= 15 is 0 Å². The summed E-state index contributed by atoms with van der Waals surface area (Å²) in [5.41, 5.74) is 2.80. The van der Waals surface area contributed by atoms with Gasteiger partial charge in [-0.25, -0.2) is 9.78 Å². The van der Waals surface area contributed by atoms with Gasteiger partial charge in [-0.05, 0) is 61.9 Å². The monoisotopic (exact) mass is 544 g/mol. The first kappa shape index (κ1) is 26.5. The number of benzene rings is 3. The highest BCUT2D eigenvalue weighted by Gasteiger charge is 2.19. The number of fused-ring (bicyclic) bond motifs is 1. The molecule has 38 heavy (non-hydrogen) atoms. The van der Waals surface area contributed by atoms with Crippen molar-refractivity contribution in [2.45, 2.75) is 23.1 Å². The van der Waals surface area contributed by atoms with Crippen molar-refractivity contribution in [3.63, 3.8) is 0 Å². The predicted octanol–water partition coefficient (Wildman–Crippen LogP) is 6.39. The van der Waals surface area contributed by atoms with Crippen LogP contribution in [0.3, 0.4) is 0 Å². The minimum Gasteiger partial charge on any atom is -0.462 e. The summed E-state index contributed by atoms with van der Waals surface area (Å²) in [4.78, 5) is 40.6. The molecule has 1 amide bonds. The number of thiazole rings is 1. The van der Waals surface area contributed by atoms with Gasteiger partial charge >= 0.3 is 5.97 Å². The molecule has 0 radical (unpaired) electrons. The number of nitrogens with one attached hydrogen (secondary N) is 1. The second-order valence-corrected chi connectivity index (χ2v) is 10.3. The Labute approximate surface area is 225 Å². The van der Waals surface area contributed by atoms with Crippen LogP contribution in [0.2, 0.25) is 0 Å². The summed E-state index contributed by atoms with van der Waals surface area (Å²) < 4.78 is 6.23. The third-order valence-electron chi connectivity index (χ3n) is 5.24. The average molecular weight is 545 g/mol. The molecular weight excluding hydrogens is 524 g/mol. The topological polar surface area (TPSA) is 135 Å². The van der Waals surface area contributed by atoms with Gasteiger partial charge in [-0.15, -0.1) is 11.3 Å². The first-order chi connectivity index (χ1) is 18.3. The van der Waals surface area contributed by atoms with E-state index in [-0.39, 0.29) is 23.8 Å². The maximum absolute atomic E-state index is 12.6. The van der Waals surface area contributed by atoms with Crippen molar-refractivity contribution in [1.82, 2.24) is 4.98 Å². The standard InChI is InChI=1S/C27H20N4O5S2/c1-3-36-26(33)19(15-28)12-17-6-11-23(22(13-17)31(34)35)37-27-30-21-10-9-20(14-24(21)38-27)29-25(32)18-7-4-16(2)5-8-18/h4-14H,3H2,1-2H3,(H,29,32)/b19-12+. The summed E-state index contributed by atoms with van der Waals surface area (Å²) in [6, 6.07) is 18.8. The minimum atomic E-state index is -0.792. The van der Waals surface area contributed by atoms with Gasteiger partial charge in [-0.1, -0.05) is 35.5 Å². The van der Waals surface area contributed by atoms with Crippen molar-refractivity contribution >= 4 is 62.6 Å². The number of carbonyl (C=O) groups excluding carboxylic acids is 2. The van der Waals surface area contributed by atoms with Gasteiger partial charge in [0.2, 0.25) is 0 Å². The Hall–Kier alpha value is -4.53. The highest BCUT2D eigenvalue weighted by atomic mass is 32.2. The Kier molecular flexibility index (Phi) is 8.15. The zero-order valence-electron chi connectivity index (χ0n) is 20.3. The lowest BCUT2D eigenvalue weighted by atomic mass is 10.1. The SMILES string of the molecule is CCOC(=O)/C(C#N)=C/c1ccc(Sc2nc3ccc(NC(=O)c4ccc(C)cc4)cc3s2)c([N+](=O)[O-])c1. The number of nitro benzene ring substituents is 1. The number of anilines is 1. The molecule has 190 valence electrons. The first-order valence-corrected chi connectivity index (χ1v) is 12.9. The molecule has 0 saturated heterocycles. The zero-order valence-corrected chi connectivity index (χ0v) is 21.9. The summed E-state index contributed by atoms with van der Waals surface area (Å²) in [6.45, 7) is 3.68. The van der Waals surface area contributed by atoms with E-state index in [1.54, 1.807) is 49.4 Å². The van der Waals surface area contributed by atoms with Gasteiger partial charge < -0.3 is 10.1 Å². The highest BCUT2D eigenvalue weighted by Crippen LogP contribution is 2.39. The number of hydrogen-bond donors (Lipinski definition) is 1. The Balaban J connectivity index is 1.56. The van der Waals surface area contributed by atoms with E-state index in [0.717, 1.165) is 22.0 Å². The maximum atomic E-state index is 12.6. The van der Waals surface area contributed by atoms with Gasteiger partial charge in [0.15, 0.2) is 4.34 Å². The van der Waals surface area contributed by atoms with E-state index in [4.69, 9.17) is 4.74 Å². The summed E-state index contributed by atoms with van der Waals surface area (Å²) in [5.74, 6) is -1.02. The molecule has 1 heterocycles. The number of nitro groups is 1. The molecule has 4 aromatic rings. The van der Waals surface area contributed by atoms with Crippen LogP contribution in [0, 0.1) is 28.4 Å². The molecule has 3 aromatic carbocycles. The quantitative estimate of drug-likeness (QED) is 0.0886. The van der Waals surface area contributed by atoms with Gasteiger partial charge in [-0.2, -0.15) is 5.26 Å². The minimum absolute atomic E-state index is 0.107. The Morgan fingerprint density at radius 2 is 1.95 bits per heavy atom. The fraction of sp³-hybridized carbons (Fsp3) is 0.111. The van der Waals surface area contributed by atoms with E-state index in [9.17, 15) is 25.0 Å². The smallest absolute Gasteiger partial charge is 0.348 e. The fourth-order valence-corrected chi connectivity index (χ4v) is 5.54. The molecule has 11 heteroatoms. The van der Waals surface area contributed by atoms with Crippen LogP contribution in [0.4, 0.5) is 11.4 Å². The maximum Gasteiger partial charge on any atom is 0.348 e. The van der Waals surface area contributed by atoms with Crippen LogP contribution in [0.5, 0.6) is 0 Å². The number of carbonyl (C=O) groups is 2. The molecule has 9 nitrogen and oxygen atoms in total. The highest BCUT2D eigenvalue weighted by molar-refractivity contribution is 8.01. The third-order valence-corrected chi connectivity index (χ3v) is 7.39. The van der Waals surface area contributed by atoms with E-state index in [1.165, 1.54) is 23.5 Å². The Morgan fingerprint density at radius 3 is 2.63 bits per heavy atom. The lowest BCUT2D eigenvalue weighted by Crippen LogP contribution is -2.11. The largest absolute Gasteiger partial charge is 0.462 e. The van der Waals surface area contributed by atoms with Gasteiger partial charge in [-0.3, -0.25) is 14.9 Å². The molecule has 0 aliphatic carbocycles.